The van der Waals surface area contributed by atoms with Crippen molar-refractivity contribution in [3.05, 3.63) is 137 Å². The Balaban J connectivity index is 2.11. The summed E-state index contributed by atoms with van der Waals surface area (Å²) in [5.41, 5.74) is 7.10. The lowest BCUT2D eigenvalue weighted by Crippen LogP contribution is -2.24. The Labute approximate surface area is 230 Å². The van der Waals surface area contributed by atoms with Crippen molar-refractivity contribution in [1.29, 1.82) is 0 Å². The zero-order valence-electron chi connectivity index (χ0n) is 23.2. The van der Waals surface area contributed by atoms with Gasteiger partial charge in [0.2, 0.25) is 0 Å². The molecule has 0 unspecified atom stereocenters. The fourth-order valence-corrected chi connectivity index (χ4v) is 4.06. The Bertz CT molecular complexity index is 1620. The van der Waals surface area contributed by atoms with Crippen LogP contribution < -0.4 is 15.9 Å². The third kappa shape index (κ3) is 6.79. The van der Waals surface area contributed by atoms with E-state index in [4.69, 9.17) is 4.98 Å². The standard InChI is InChI=1S/C33H36FN5/c1-9-15-28(25-16-14-17-26(34)19-25)31-23(8)36-33(37-31)32-29(30(13-5)38-39-32)18-21(6)24(11-3)20-27(12-4)35-22(7)10-2/h9,11-20,35,38H,1,4,6-7,10H2,2-3,5,8H3,(H,36,37)/b24-11+,27-20+,28-15-,29-18+,30-13+. The van der Waals surface area contributed by atoms with E-state index in [0.717, 1.165) is 50.8 Å². The second kappa shape index (κ2) is 13.2. The number of benzene rings is 1. The molecule has 39 heavy (non-hydrogen) atoms. The Morgan fingerprint density at radius 2 is 1.95 bits per heavy atom. The number of aryl methyl sites for hydroxylation is 1. The molecule has 0 spiro atoms. The fourth-order valence-electron chi connectivity index (χ4n) is 4.06. The molecule has 0 aliphatic carbocycles. The minimum Gasteiger partial charge on any atom is -0.359 e. The van der Waals surface area contributed by atoms with Crippen molar-refractivity contribution in [2.75, 3.05) is 0 Å². The summed E-state index contributed by atoms with van der Waals surface area (Å²) < 4.78 is 14.0. The van der Waals surface area contributed by atoms with Gasteiger partial charge in [-0.15, -0.1) is 0 Å². The van der Waals surface area contributed by atoms with E-state index in [1.54, 1.807) is 18.2 Å². The van der Waals surface area contributed by atoms with E-state index in [-0.39, 0.29) is 5.82 Å². The van der Waals surface area contributed by atoms with Crippen LogP contribution in [0.15, 0.2) is 104 Å². The van der Waals surface area contributed by atoms with Crippen LogP contribution in [0, 0.1) is 12.7 Å². The molecular formula is C33H36FN5. The highest BCUT2D eigenvalue weighted by Crippen LogP contribution is 2.27. The predicted octanol–water partition coefficient (Wildman–Crippen LogP) is 6.53. The summed E-state index contributed by atoms with van der Waals surface area (Å²) in [4.78, 5) is 8.25. The van der Waals surface area contributed by atoms with Crippen LogP contribution in [-0.2, 0) is 0 Å². The van der Waals surface area contributed by atoms with Gasteiger partial charge in [-0.3, -0.25) is 5.10 Å². The van der Waals surface area contributed by atoms with Crippen molar-refractivity contribution in [2.45, 2.75) is 34.1 Å². The first-order chi connectivity index (χ1) is 18.8. The number of nitrogens with zero attached hydrogens (tertiary/aromatic N) is 2. The molecule has 0 aliphatic heterocycles. The molecule has 0 fully saturated rings. The molecule has 3 rings (SSSR count). The first-order valence-electron chi connectivity index (χ1n) is 12.8. The van der Waals surface area contributed by atoms with Crippen molar-refractivity contribution in [3.8, 4) is 11.5 Å². The molecule has 3 N–H and O–H groups in total. The van der Waals surface area contributed by atoms with Crippen LogP contribution in [0.3, 0.4) is 0 Å². The zero-order valence-corrected chi connectivity index (χ0v) is 23.2. The van der Waals surface area contributed by atoms with Gasteiger partial charge in [0.15, 0.2) is 5.82 Å². The highest BCUT2D eigenvalue weighted by atomic mass is 19.1. The summed E-state index contributed by atoms with van der Waals surface area (Å²) in [5, 5.41) is 12.6. The molecule has 0 atom stereocenters. The van der Waals surface area contributed by atoms with Crippen molar-refractivity contribution >= 4 is 17.7 Å². The minimum absolute atomic E-state index is 0.315. The van der Waals surface area contributed by atoms with Crippen molar-refractivity contribution < 1.29 is 4.39 Å². The van der Waals surface area contributed by atoms with Gasteiger partial charge in [-0.05, 0) is 74.3 Å². The van der Waals surface area contributed by atoms with Gasteiger partial charge in [0.1, 0.15) is 11.5 Å². The van der Waals surface area contributed by atoms with Crippen LogP contribution in [0.2, 0.25) is 0 Å². The molecule has 0 aliphatic rings. The van der Waals surface area contributed by atoms with E-state index >= 15 is 0 Å². The van der Waals surface area contributed by atoms with Crippen LogP contribution in [0.5, 0.6) is 0 Å². The second-order valence-corrected chi connectivity index (χ2v) is 8.87. The number of imidazole rings is 1. The van der Waals surface area contributed by atoms with E-state index in [9.17, 15) is 4.39 Å². The topological polar surface area (TPSA) is 69.4 Å². The van der Waals surface area contributed by atoms with Crippen LogP contribution in [0.4, 0.5) is 4.39 Å². The number of aromatic amines is 2. The first-order valence-corrected chi connectivity index (χ1v) is 12.8. The largest absolute Gasteiger partial charge is 0.359 e. The molecule has 0 saturated carbocycles. The van der Waals surface area contributed by atoms with Gasteiger partial charge < -0.3 is 10.3 Å². The van der Waals surface area contributed by atoms with Crippen molar-refractivity contribution in [3.63, 3.8) is 0 Å². The maximum atomic E-state index is 14.0. The van der Waals surface area contributed by atoms with Crippen LogP contribution in [0.25, 0.3) is 29.2 Å². The molecule has 2 aromatic heterocycles. The van der Waals surface area contributed by atoms with Crippen LogP contribution in [0.1, 0.15) is 44.1 Å². The maximum absolute atomic E-state index is 14.0. The third-order valence-electron chi connectivity index (χ3n) is 6.19. The highest BCUT2D eigenvalue weighted by molar-refractivity contribution is 5.81. The molecule has 0 saturated heterocycles. The minimum atomic E-state index is -0.315. The summed E-state index contributed by atoms with van der Waals surface area (Å²) in [7, 11) is 0. The number of aromatic nitrogens is 4. The monoisotopic (exact) mass is 521 g/mol. The predicted molar refractivity (Wildman–Crippen MR) is 162 cm³/mol. The molecule has 1 aromatic carbocycles. The number of hydrogen-bond acceptors (Lipinski definition) is 3. The van der Waals surface area contributed by atoms with E-state index < -0.39 is 0 Å². The smallest absolute Gasteiger partial charge is 0.159 e. The van der Waals surface area contributed by atoms with Crippen LogP contribution >= 0.6 is 0 Å². The average molecular weight is 522 g/mol. The third-order valence-corrected chi connectivity index (χ3v) is 6.19. The quantitative estimate of drug-likeness (QED) is 0.251. The van der Waals surface area contributed by atoms with Gasteiger partial charge in [0, 0.05) is 27.9 Å². The van der Waals surface area contributed by atoms with Gasteiger partial charge in [0.25, 0.3) is 0 Å². The van der Waals surface area contributed by atoms with Crippen molar-refractivity contribution in [1.82, 2.24) is 25.5 Å². The number of H-pyrrole nitrogens is 2. The number of allylic oxidation sites excluding steroid dienone is 8. The Morgan fingerprint density at radius 3 is 2.56 bits per heavy atom. The SMILES string of the molecule is C=C/C=C(/c1cccc(F)c1)c1nc(-c2n[nH]c(=C/C)/c2=C\C(=C)C(/C=C(\C=C)NC(=C)CC)=C/C)[nH]c1C. The molecule has 3 aromatic rings. The number of nitrogens with one attached hydrogen (secondary N) is 3. The zero-order chi connectivity index (χ0) is 28.5. The Hall–Kier alpha value is -4.71. The lowest BCUT2D eigenvalue weighted by Gasteiger charge is -2.10. The van der Waals surface area contributed by atoms with E-state index in [0.29, 0.717) is 22.8 Å². The number of rotatable bonds is 11. The molecular weight excluding hydrogens is 485 g/mol. The molecule has 0 radical (unpaired) electrons. The Morgan fingerprint density at radius 1 is 1.18 bits per heavy atom. The normalized spacial score (nSPS) is 13.5. The van der Waals surface area contributed by atoms with Gasteiger partial charge >= 0.3 is 0 Å². The number of halogens is 1. The van der Waals surface area contributed by atoms with Crippen LogP contribution in [-0.4, -0.2) is 20.2 Å². The van der Waals surface area contributed by atoms with Crippen molar-refractivity contribution in [2.24, 2.45) is 0 Å². The van der Waals surface area contributed by atoms with E-state index in [2.05, 4.69) is 46.8 Å². The molecule has 2 heterocycles. The number of hydrogen-bond donors (Lipinski definition) is 3. The van der Waals surface area contributed by atoms with Gasteiger partial charge in [-0.1, -0.05) is 69.7 Å². The van der Waals surface area contributed by atoms with Gasteiger partial charge in [-0.25, -0.2) is 9.37 Å². The van der Waals surface area contributed by atoms with Gasteiger partial charge in [0.05, 0.1) is 11.0 Å². The maximum Gasteiger partial charge on any atom is 0.159 e. The molecule has 200 valence electrons. The summed E-state index contributed by atoms with van der Waals surface area (Å²) in [6.07, 6.45) is 14.0. The molecule has 5 nitrogen and oxygen atoms in total. The molecule has 6 heteroatoms. The summed E-state index contributed by atoms with van der Waals surface area (Å²) in [6, 6.07) is 6.43. The van der Waals surface area contributed by atoms with E-state index in [1.807, 2.05) is 64.1 Å². The lowest BCUT2D eigenvalue weighted by molar-refractivity contribution is 0.627. The Kier molecular flexibility index (Phi) is 9.76. The lowest BCUT2D eigenvalue weighted by atomic mass is 10.0. The van der Waals surface area contributed by atoms with E-state index in [1.165, 1.54) is 12.1 Å². The first kappa shape index (κ1) is 28.9. The van der Waals surface area contributed by atoms with Gasteiger partial charge in [-0.2, -0.15) is 5.10 Å². The summed E-state index contributed by atoms with van der Waals surface area (Å²) in [5.74, 6) is 0.270. The summed E-state index contributed by atoms with van der Waals surface area (Å²) in [6.45, 7) is 24.0. The molecule has 0 amide bonds. The molecule has 0 bridgehead atoms. The second-order valence-electron chi connectivity index (χ2n) is 8.87. The average Bonchev–Trinajstić information content (AvgIpc) is 3.51. The summed E-state index contributed by atoms with van der Waals surface area (Å²) >= 11 is 0. The fraction of sp³-hybridized carbons (Fsp3) is 0.152. The highest BCUT2D eigenvalue weighted by Gasteiger charge is 2.17.